The molecule has 2 aliphatic heterocycles. The molecule has 1 aromatic heterocycles. The fraction of sp³-hybridized carbons (Fsp3) is 0.368. The number of benzene rings is 1. The molecule has 1 aromatic carbocycles. The first-order valence-electron chi connectivity index (χ1n) is 8.99. The normalized spacial score (nSPS) is 20.7. The first-order chi connectivity index (χ1) is 13.0. The van der Waals surface area contributed by atoms with Gasteiger partial charge in [0.15, 0.2) is 0 Å². The van der Waals surface area contributed by atoms with Crippen LogP contribution < -0.4 is 0 Å². The molecule has 2 amide bonds. The maximum Gasteiger partial charge on any atom is 0.320 e. The minimum absolute atomic E-state index is 0.00605. The van der Waals surface area contributed by atoms with Crippen molar-refractivity contribution in [1.82, 2.24) is 19.1 Å². The molecule has 0 spiro atoms. The number of pyridine rings is 1. The highest BCUT2D eigenvalue weighted by Gasteiger charge is 2.42. The number of hydrogen-bond donors (Lipinski definition) is 0. The van der Waals surface area contributed by atoms with Crippen molar-refractivity contribution in [2.45, 2.75) is 18.3 Å². The van der Waals surface area contributed by atoms with Crippen LogP contribution in [0, 0.1) is 0 Å². The maximum absolute atomic E-state index is 12.8. The summed E-state index contributed by atoms with van der Waals surface area (Å²) in [5, 5.41) is 0. The highest BCUT2D eigenvalue weighted by atomic mass is 32.2. The summed E-state index contributed by atoms with van der Waals surface area (Å²) in [7, 11) is -3.40. The summed E-state index contributed by atoms with van der Waals surface area (Å²) >= 11 is 0. The quantitative estimate of drug-likeness (QED) is 0.781. The molecule has 8 heteroatoms. The van der Waals surface area contributed by atoms with Gasteiger partial charge in [-0.15, -0.1) is 0 Å². The van der Waals surface area contributed by atoms with E-state index in [-0.39, 0.29) is 17.8 Å². The van der Waals surface area contributed by atoms with Crippen molar-refractivity contribution in [3.8, 4) is 0 Å². The lowest BCUT2D eigenvalue weighted by Gasteiger charge is -2.35. The number of urea groups is 1. The number of carbonyl (C=O) groups excluding carboxylic acids is 1. The zero-order chi connectivity index (χ0) is 18.9. The third-order valence-corrected chi connectivity index (χ3v) is 6.89. The highest BCUT2D eigenvalue weighted by Crippen LogP contribution is 2.24. The van der Waals surface area contributed by atoms with E-state index in [9.17, 15) is 13.2 Å². The molecule has 0 saturated carbocycles. The van der Waals surface area contributed by atoms with Gasteiger partial charge in [-0.2, -0.15) is 4.31 Å². The largest absolute Gasteiger partial charge is 0.320 e. The lowest BCUT2D eigenvalue weighted by atomic mass is 10.2. The predicted octanol–water partition coefficient (Wildman–Crippen LogP) is 1.53. The standard InChI is InChI=1S/C19H22N4O3S/c24-19-21(12-17-7-4-8-20-11-17)13-18-14-22(9-10-23(18)19)27(25,26)15-16-5-2-1-3-6-16/h1-8,11,18H,9-10,12-15H2. The summed E-state index contributed by atoms with van der Waals surface area (Å²) in [6, 6.07) is 12.9. The van der Waals surface area contributed by atoms with Crippen LogP contribution in [0.15, 0.2) is 54.9 Å². The van der Waals surface area contributed by atoms with Crippen molar-refractivity contribution in [2.24, 2.45) is 0 Å². The second kappa shape index (κ2) is 7.28. The fourth-order valence-corrected chi connectivity index (χ4v) is 5.28. The summed E-state index contributed by atoms with van der Waals surface area (Å²) in [5.74, 6) is -0.00605. The van der Waals surface area contributed by atoms with E-state index in [0.29, 0.717) is 32.7 Å². The molecule has 0 aliphatic carbocycles. The molecule has 27 heavy (non-hydrogen) atoms. The second-order valence-electron chi connectivity index (χ2n) is 6.97. The summed E-state index contributed by atoms with van der Waals surface area (Å²) in [6.45, 7) is 2.16. The van der Waals surface area contributed by atoms with Crippen molar-refractivity contribution >= 4 is 16.1 Å². The lowest BCUT2D eigenvalue weighted by Crippen LogP contribution is -2.53. The van der Waals surface area contributed by atoms with E-state index < -0.39 is 10.0 Å². The molecule has 4 rings (SSSR count). The van der Waals surface area contributed by atoms with Gasteiger partial charge in [-0.25, -0.2) is 13.2 Å². The third kappa shape index (κ3) is 3.81. The van der Waals surface area contributed by atoms with Gasteiger partial charge in [-0.1, -0.05) is 36.4 Å². The SMILES string of the molecule is O=C1N(Cc2cccnc2)CC2CN(S(=O)(=O)Cc3ccccc3)CCN12. The Morgan fingerprint density at radius 1 is 1.00 bits per heavy atom. The molecule has 142 valence electrons. The van der Waals surface area contributed by atoms with Crippen molar-refractivity contribution < 1.29 is 13.2 Å². The van der Waals surface area contributed by atoms with E-state index >= 15 is 0 Å². The number of carbonyl (C=O) groups is 1. The average molecular weight is 386 g/mol. The molecular formula is C19H22N4O3S. The van der Waals surface area contributed by atoms with Crippen LogP contribution in [-0.2, 0) is 22.3 Å². The van der Waals surface area contributed by atoms with E-state index in [4.69, 9.17) is 0 Å². The van der Waals surface area contributed by atoms with E-state index in [1.807, 2.05) is 42.5 Å². The zero-order valence-electron chi connectivity index (χ0n) is 14.9. The van der Waals surface area contributed by atoms with Gasteiger partial charge in [-0.05, 0) is 17.2 Å². The van der Waals surface area contributed by atoms with E-state index in [1.165, 1.54) is 4.31 Å². The maximum atomic E-state index is 12.8. The molecule has 0 N–H and O–H groups in total. The number of aromatic nitrogens is 1. The number of nitrogens with zero attached hydrogens (tertiary/aromatic N) is 4. The van der Waals surface area contributed by atoms with Crippen LogP contribution >= 0.6 is 0 Å². The Kier molecular flexibility index (Phi) is 4.84. The second-order valence-corrected chi connectivity index (χ2v) is 8.94. The monoisotopic (exact) mass is 386 g/mol. The van der Waals surface area contributed by atoms with E-state index in [0.717, 1.165) is 11.1 Å². The number of amides is 2. The lowest BCUT2D eigenvalue weighted by molar-refractivity contribution is 0.159. The van der Waals surface area contributed by atoms with Crippen LogP contribution in [0.2, 0.25) is 0 Å². The van der Waals surface area contributed by atoms with Crippen molar-refractivity contribution in [1.29, 1.82) is 0 Å². The number of rotatable bonds is 5. The summed E-state index contributed by atoms with van der Waals surface area (Å²) < 4.78 is 27.1. The number of hydrogen-bond acceptors (Lipinski definition) is 4. The molecule has 0 bridgehead atoms. The van der Waals surface area contributed by atoms with Crippen molar-refractivity contribution in [3.05, 3.63) is 66.0 Å². The van der Waals surface area contributed by atoms with Crippen LogP contribution in [0.5, 0.6) is 0 Å². The molecule has 1 atom stereocenters. The first kappa shape index (κ1) is 17.9. The molecule has 1 unspecified atom stereocenters. The Hall–Kier alpha value is -2.45. The van der Waals surface area contributed by atoms with Gasteiger partial charge in [0, 0.05) is 45.1 Å². The van der Waals surface area contributed by atoms with Crippen LogP contribution in [-0.4, -0.2) is 65.8 Å². The van der Waals surface area contributed by atoms with Crippen LogP contribution in [0.3, 0.4) is 0 Å². The van der Waals surface area contributed by atoms with Gasteiger partial charge >= 0.3 is 6.03 Å². The summed E-state index contributed by atoms with van der Waals surface area (Å²) in [5.41, 5.74) is 1.75. The highest BCUT2D eigenvalue weighted by molar-refractivity contribution is 7.88. The van der Waals surface area contributed by atoms with Gasteiger partial charge in [0.1, 0.15) is 0 Å². The van der Waals surface area contributed by atoms with Gasteiger partial charge < -0.3 is 9.80 Å². The van der Waals surface area contributed by atoms with Crippen molar-refractivity contribution in [2.75, 3.05) is 26.2 Å². The minimum atomic E-state index is -3.40. The van der Waals surface area contributed by atoms with Crippen LogP contribution in [0.4, 0.5) is 4.79 Å². The predicted molar refractivity (Wildman–Crippen MR) is 101 cm³/mol. The van der Waals surface area contributed by atoms with Gasteiger partial charge in [0.25, 0.3) is 0 Å². The Labute approximate surface area is 159 Å². The van der Waals surface area contributed by atoms with Crippen LogP contribution in [0.25, 0.3) is 0 Å². The topological polar surface area (TPSA) is 73.8 Å². The molecule has 2 fully saturated rings. The number of sulfonamides is 1. The molecule has 2 aromatic rings. The first-order valence-corrected chi connectivity index (χ1v) is 10.6. The Bertz CT molecular complexity index is 905. The van der Waals surface area contributed by atoms with E-state index in [1.54, 1.807) is 22.2 Å². The minimum Gasteiger partial charge on any atom is -0.318 e. The average Bonchev–Trinajstić information content (AvgIpc) is 2.98. The zero-order valence-corrected chi connectivity index (χ0v) is 15.8. The molecule has 0 radical (unpaired) electrons. The Morgan fingerprint density at radius 3 is 2.52 bits per heavy atom. The Morgan fingerprint density at radius 2 is 1.78 bits per heavy atom. The molecule has 3 heterocycles. The third-order valence-electron chi connectivity index (χ3n) is 5.07. The molecule has 7 nitrogen and oxygen atoms in total. The van der Waals surface area contributed by atoms with Gasteiger partial charge in [0.05, 0.1) is 11.8 Å². The van der Waals surface area contributed by atoms with Crippen LogP contribution in [0.1, 0.15) is 11.1 Å². The van der Waals surface area contributed by atoms with Gasteiger partial charge in [-0.3, -0.25) is 4.98 Å². The fourth-order valence-electron chi connectivity index (χ4n) is 3.72. The number of piperazine rings is 1. The summed E-state index contributed by atoms with van der Waals surface area (Å²) in [4.78, 5) is 20.3. The van der Waals surface area contributed by atoms with Gasteiger partial charge in [0.2, 0.25) is 10.0 Å². The smallest absolute Gasteiger partial charge is 0.318 e. The van der Waals surface area contributed by atoms with Crippen molar-refractivity contribution in [3.63, 3.8) is 0 Å². The molecule has 2 saturated heterocycles. The summed E-state index contributed by atoms with van der Waals surface area (Å²) in [6.07, 6.45) is 3.45. The molecule has 2 aliphatic rings. The Balaban J connectivity index is 1.43. The van der Waals surface area contributed by atoms with E-state index in [2.05, 4.69) is 4.98 Å². The molecular weight excluding hydrogens is 364 g/mol. The number of fused-ring (bicyclic) bond motifs is 1.